The molecule has 0 radical (unpaired) electrons. The van der Waals surface area contributed by atoms with Gasteiger partial charge in [0.2, 0.25) is 5.91 Å². The van der Waals surface area contributed by atoms with E-state index in [2.05, 4.69) is 39.4 Å². The van der Waals surface area contributed by atoms with Gasteiger partial charge >= 0.3 is 0 Å². The molecule has 0 unspecified atom stereocenters. The number of rotatable bonds is 6. The highest BCUT2D eigenvalue weighted by Crippen LogP contribution is 2.20. The van der Waals surface area contributed by atoms with Crippen LogP contribution in [0.2, 0.25) is 5.02 Å². The normalized spacial score (nSPS) is 17.0. The van der Waals surface area contributed by atoms with Crippen LogP contribution in [0, 0.1) is 5.82 Å². The minimum absolute atomic E-state index is 0.00243. The Morgan fingerprint density at radius 1 is 1.18 bits per heavy atom. The largest absolute Gasteiger partial charge is 0.325 e. The van der Waals surface area contributed by atoms with Crippen molar-refractivity contribution in [1.29, 1.82) is 0 Å². The van der Waals surface area contributed by atoms with Crippen LogP contribution in [0.15, 0.2) is 54.6 Å². The van der Waals surface area contributed by atoms with Crippen molar-refractivity contribution in [2.45, 2.75) is 13.0 Å². The Bertz CT molecular complexity index is 820. The second-order valence-electron chi connectivity index (χ2n) is 6.94. The fourth-order valence-corrected chi connectivity index (χ4v) is 3.40. The van der Waals surface area contributed by atoms with E-state index in [4.69, 9.17) is 11.6 Å². The van der Waals surface area contributed by atoms with Crippen molar-refractivity contribution in [2.75, 3.05) is 38.0 Å². The third-order valence-corrected chi connectivity index (χ3v) is 5.28. The van der Waals surface area contributed by atoms with E-state index < -0.39 is 5.82 Å². The number of benzene rings is 2. The maximum atomic E-state index is 13.2. The quantitative estimate of drug-likeness (QED) is 0.790. The number of hydrogen-bond donors (Lipinski definition) is 1. The van der Waals surface area contributed by atoms with E-state index in [1.165, 1.54) is 23.8 Å². The monoisotopic (exact) mass is 401 g/mol. The first-order chi connectivity index (χ1) is 13.5. The van der Waals surface area contributed by atoms with Gasteiger partial charge in [0.1, 0.15) is 5.82 Å². The summed E-state index contributed by atoms with van der Waals surface area (Å²) < 4.78 is 13.2. The Hall–Kier alpha value is -2.21. The molecule has 1 heterocycles. The van der Waals surface area contributed by atoms with Gasteiger partial charge in [-0.05, 0) is 30.7 Å². The summed E-state index contributed by atoms with van der Waals surface area (Å²) in [4.78, 5) is 17.0. The number of piperazine rings is 1. The Morgan fingerprint density at radius 3 is 2.57 bits per heavy atom. The van der Waals surface area contributed by atoms with Crippen molar-refractivity contribution in [3.05, 3.63) is 71.0 Å². The topological polar surface area (TPSA) is 35.6 Å². The molecule has 1 aliphatic rings. The van der Waals surface area contributed by atoms with Crippen LogP contribution >= 0.6 is 11.6 Å². The fraction of sp³-hybridized carbons (Fsp3) is 0.318. The van der Waals surface area contributed by atoms with Gasteiger partial charge in [0.05, 0.1) is 11.1 Å². The minimum Gasteiger partial charge on any atom is -0.325 e. The number of carbonyl (C=O) groups excluding carboxylic acids is 1. The molecule has 4 nitrogen and oxygen atoms in total. The van der Waals surface area contributed by atoms with Crippen molar-refractivity contribution in [3.63, 3.8) is 0 Å². The zero-order chi connectivity index (χ0) is 19.9. The van der Waals surface area contributed by atoms with Gasteiger partial charge in [0.15, 0.2) is 0 Å². The predicted molar refractivity (Wildman–Crippen MR) is 113 cm³/mol. The van der Waals surface area contributed by atoms with E-state index >= 15 is 0 Å². The fourth-order valence-electron chi connectivity index (χ4n) is 3.22. The summed E-state index contributed by atoms with van der Waals surface area (Å²) >= 11 is 5.77. The highest BCUT2D eigenvalue weighted by Gasteiger charge is 2.25. The van der Waals surface area contributed by atoms with E-state index in [0.717, 1.165) is 32.7 Å². The molecule has 3 rings (SSSR count). The summed E-state index contributed by atoms with van der Waals surface area (Å²) in [5.74, 6) is -0.606. The smallest absolute Gasteiger partial charge is 0.241 e. The second kappa shape index (κ2) is 9.82. The molecule has 1 saturated heterocycles. The summed E-state index contributed by atoms with van der Waals surface area (Å²) in [6.07, 6.45) is 4.32. The van der Waals surface area contributed by atoms with E-state index in [1.54, 1.807) is 0 Å². The van der Waals surface area contributed by atoms with Crippen molar-refractivity contribution in [1.82, 2.24) is 9.80 Å². The van der Waals surface area contributed by atoms with Crippen LogP contribution in [-0.2, 0) is 4.79 Å². The Kier molecular flexibility index (Phi) is 7.20. The Morgan fingerprint density at radius 2 is 1.89 bits per heavy atom. The summed E-state index contributed by atoms with van der Waals surface area (Å²) in [6.45, 7) is 6.29. The Labute approximate surface area is 170 Å². The molecule has 2 aromatic carbocycles. The molecule has 0 bridgehead atoms. The first-order valence-electron chi connectivity index (χ1n) is 9.47. The van der Waals surface area contributed by atoms with Crippen LogP contribution in [0.25, 0.3) is 6.08 Å². The van der Waals surface area contributed by atoms with E-state index in [0.29, 0.717) is 5.69 Å². The molecular formula is C22H25ClFN3O. The second-order valence-corrected chi connectivity index (χ2v) is 7.35. The molecule has 2 aromatic rings. The molecular weight excluding hydrogens is 377 g/mol. The average Bonchev–Trinajstić information content (AvgIpc) is 2.71. The summed E-state index contributed by atoms with van der Waals surface area (Å²) in [5.41, 5.74) is 1.71. The van der Waals surface area contributed by atoms with Crippen molar-refractivity contribution < 1.29 is 9.18 Å². The molecule has 1 N–H and O–H groups in total. The highest BCUT2D eigenvalue weighted by atomic mass is 35.5. The summed E-state index contributed by atoms with van der Waals surface area (Å²) in [6, 6.07) is 14.2. The van der Waals surface area contributed by atoms with Gasteiger partial charge in [0.25, 0.3) is 0 Å². The van der Waals surface area contributed by atoms with Crippen LogP contribution in [0.1, 0.15) is 12.5 Å². The van der Waals surface area contributed by atoms with Gasteiger partial charge in [-0.15, -0.1) is 0 Å². The molecule has 0 aliphatic carbocycles. The number of amides is 1. The number of anilines is 1. The van der Waals surface area contributed by atoms with Crippen molar-refractivity contribution in [2.24, 2.45) is 0 Å². The number of hydrogen-bond acceptors (Lipinski definition) is 3. The van der Waals surface area contributed by atoms with E-state index in [-0.39, 0.29) is 17.0 Å². The lowest BCUT2D eigenvalue weighted by Crippen LogP contribution is -2.52. The molecule has 0 aromatic heterocycles. The maximum Gasteiger partial charge on any atom is 0.241 e. The third kappa shape index (κ3) is 5.64. The third-order valence-electron chi connectivity index (χ3n) is 4.99. The van der Waals surface area contributed by atoms with Gasteiger partial charge in [-0.1, -0.05) is 54.1 Å². The first-order valence-corrected chi connectivity index (χ1v) is 9.84. The number of carbonyl (C=O) groups is 1. The van der Waals surface area contributed by atoms with Crippen LogP contribution in [0.5, 0.6) is 0 Å². The summed E-state index contributed by atoms with van der Waals surface area (Å²) in [7, 11) is 0. The van der Waals surface area contributed by atoms with Gasteiger partial charge < -0.3 is 5.32 Å². The molecule has 1 amide bonds. The number of nitrogens with one attached hydrogen (secondary N) is 1. The highest BCUT2D eigenvalue weighted by molar-refractivity contribution is 6.31. The van der Waals surface area contributed by atoms with Crippen molar-refractivity contribution >= 4 is 29.3 Å². The zero-order valence-corrected chi connectivity index (χ0v) is 16.7. The molecule has 1 fully saturated rings. The van der Waals surface area contributed by atoms with Gasteiger partial charge in [-0.2, -0.15) is 0 Å². The number of nitrogens with zero attached hydrogens (tertiary/aromatic N) is 2. The lowest BCUT2D eigenvalue weighted by atomic mass is 10.2. The standard InChI is InChI=1S/C22H25ClFN3O/c1-17(22(28)25-19-9-10-21(24)20(23)16-19)27-14-12-26(13-15-27)11-5-8-18-6-3-2-4-7-18/h2-10,16-17H,11-15H2,1H3,(H,25,28)/b8-5+/t17-/m0/s1. The van der Waals surface area contributed by atoms with E-state index in [1.807, 2.05) is 25.1 Å². The van der Waals surface area contributed by atoms with Crippen LogP contribution in [0.3, 0.4) is 0 Å². The van der Waals surface area contributed by atoms with E-state index in [9.17, 15) is 9.18 Å². The lowest BCUT2D eigenvalue weighted by Gasteiger charge is -2.37. The number of halogens is 2. The van der Waals surface area contributed by atoms with Gasteiger partial charge in [-0.3, -0.25) is 14.6 Å². The van der Waals surface area contributed by atoms with Gasteiger partial charge in [-0.25, -0.2) is 4.39 Å². The molecule has 1 aliphatic heterocycles. The Balaban J connectivity index is 1.45. The van der Waals surface area contributed by atoms with Crippen LogP contribution in [-0.4, -0.2) is 54.5 Å². The molecule has 0 saturated carbocycles. The minimum atomic E-state index is -0.495. The lowest BCUT2D eigenvalue weighted by molar-refractivity contribution is -0.121. The first kappa shape index (κ1) is 20.5. The molecule has 1 atom stereocenters. The van der Waals surface area contributed by atoms with Crippen LogP contribution in [0.4, 0.5) is 10.1 Å². The average molecular weight is 402 g/mol. The van der Waals surface area contributed by atoms with Gasteiger partial charge in [0, 0.05) is 38.4 Å². The predicted octanol–water partition coefficient (Wildman–Crippen LogP) is 4.14. The maximum absolute atomic E-state index is 13.2. The molecule has 6 heteroatoms. The summed E-state index contributed by atoms with van der Waals surface area (Å²) in [5, 5.41) is 2.82. The SMILES string of the molecule is C[C@@H](C(=O)Nc1ccc(F)c(Cl)c1)N1CCN(C/C=C/c2ccccc2)CC1. The zero-order valence-electron chi connectivity index (χ0n) is 15.9. The molecule has 0 spiro atoms. The molecule has 28 heavy (non-hydrogen) atoms. The van der Waals surface area contributed by atoms with Crippen molar-refractivity contribution in [3.8, 4) is 0 Å². The van der Waals surface area contributed by atoms with Crippen LogP contribution < -0.4 is 5.32 Å². The molecule has 148 valence electrons.